The molecule has 0 rings (SSSR count). The average Bonchev–Trinajstić information content (AvgIpc) is 3.14. The second-order valence-electron chi connectivity index (χ2n) is 16.4. The van der Waals surface area contributed by atoms with Gasteiger partial charge in [0.2, 0.25) is 5.91 Å². The van der Waals surface area contributed by atoms with Crippen LogP contribution in [0.15, 0.2) is 0 Å². The van der Waals surface area contributed by atoms with Crippen LogP contribution in [0.25, 0.3) is 0 Å². The highest BCUT2D eigenvalue weighted by Gasteiger charge is 2.14. The Hall–Kier alpha value is -1.59. The van der Waals surface area contributed by atoms with Gasteiger partial charge in [-0.1, -0.05) is 219 Å². The van der Waals surface area contributed by atoms with E-state index < -0.39 is 5.97 Å². The molecule has 0 aliphatic carbocycles. The van der Waals surface area contributed by atoms with Crippen LogP contribution < -0.4 is 5.32 Å². The fraction of sp³-hybridized carbons (Fsp3) is 0.936. The summed E-state index contributed by atoms with van der Waals surface area (Å²) in [6.07, 6.45) is 49.5. The van der Waals surface area contributed by atoms with Crippen LogP contribution in [0.4, 0.5) is 0 Å². The summed E-state index contributed by atoms with van der Waals surface area (Å²) in [5.41, 5.74) is 0. The molecule has 0 fully saturated rings. The van der Waals surface area contributed by atoms with Crippen LogP contribution in [0.1, 0.15) is 271 Å². The van der Waals surface area contributed by atoms with Crippen molar-refractivity contribution in [2.45, 2.75) is 277 Å². The summed E-state index contributed by atoms with van der Waals surface area (Å²) in [5, 5.41) is 11.1. The van der Waals surface area contributed by atoms with Crippen LogP contribution in [0.2, 0.25) is 0 Å². The fourth-order valence-corrected chi connectivity index (χ4v) is 7.52. The number of hydrogen-bond donors (Lipinski definition) is 2. The second-order valence-corrected chi connectivity index (χ2v) is 16.4. The van der Waals surface area contributed by atoms with Gasteiger partial charge in [0.1, 0.15) is 12.6 Å². The molecule has 1 atom stereocenters. The largest absolute Gasteiger partial charge is 0.480 e. The quantitative estimate of drug-likeness (QED) is 0.0478. The first-order chi connectivity index (χ1) is 26.0. The van der Waals surface area contributed by atoms with Crippen LogP contribution in [0.5, 0.6) is 0 Å². The SMILES string of the molecule is CCCCCCCCCCCCCCCCCCCC(=O)OC(CCCCCCCCCCCCCCCC)CCCCCCCC(=O)NCC(=O)O. The van der Waals surface area contributed by atoms with Crippen molar-refractivity contribution in [1.82, 2.24) is 5.32 Å². The number of aliphatic carboxylic acids is 1. The van der Waals surface area contributed by atoms with Gasteiger partial charge in [-0.05, 0) is 38.5 Å². The number of nitrogens with one attached hydrogen (secondary N) is 1. The maximum Gasteiger partial charge on any atom is 0.322 e. The monoisotopic (exact) mass is 750 g/mol. The molecule has 314 valence electrons. The van der Waals surface area contributed by atoms with Gasteiger partial charge in [0.05, 0.1) is 0 Å². The summed E-state index contributed by atoms with van der Waals surface area (Å²) in [7, 11) is 0. The van der Waals surface area contributed by atoms with Crippen LogP contribution in [-0.4, -0.2) is 35.6 Å². The number of carboxylic acids is 1. The number of carbonyl (C=O) groups is 3. The first-order valence-electron chi connectivity index (χ1n) is 23.7. The third kappa shape index (κ3) is 43.0. The van der Waals surface area contributed by atoms with E-state index in [0.29, 0.717) is 12.8 Å². The number of amides is 1. The molecule has 6 heteroatoms. The lowest BCUT2D eigenvalue weighted by atomic mass is 10.0. The molecule has 0 radical (unpaired) electrons. The molecule has 1 unspecified atom stereocenters. The molecule has 6 nitrogen and oxygen atoms in total. The van der Waals surface area contributed by atoms with Crippen molar-refractivity contribution in [3.05, 3.63) is 0 Å². The van der Waals surface area contributed by atoms with E-state index in [1.54, 1.807) is 0 Å². The van der Waals surface area contributed by atoms with Crippen molar-refractivity contribution in [2.24, 2.45) is 0 Å². The second kappa shape index (κ2) is 43.1. The summed E-state index contributed by atoms with van der Waals surface area (Å²) in [6.45, 7) is 4.26. The Kier molecular flexibility index (Phi) is 41.8. The molecule has 0 aliphatic heterocycles. The molecule has 0 aromatic carbocycles. The number of carbonyl (C=O) groups excluding carboxylic acids is 2. The van der Waals surface area contributed by atoms with Crippen LogP contribution in [-0.2, 0) is 19.1 Å². The lowest BCUT2D eigenvalue weighted by Crippen LogP contribution is -2.28. The van der Waals surface area contributed by atoms with Crippen molar-refractivity contribution in [3.63, 3.8) is 0 Å². The van der Waals surface area contributed by atoms with Gasteiger partial charge < -0.3 is 15.2 Å². The third-order valence-electron chi connectivity index (χ3n) is 11.0. The Labute approximate surface area is 329 Å². The minimum atomic E-state index is -1.01. The molecule has 0 saturated heterocycles. The molecule has 0 bridgehead atoms. The minimum Gasteiger partial charge on any atom is -0.480 e. The van der Waals surface area contributed by atoms with Gasteiger partial charge in [0.25, 0.3) is 0 Å². The maximum absolute atomic E-state index is 12.8. The molecule has 0 aromatic rings. The highest BCUT2D eigenvalue weighted by atomic mass is 16.5. The predicted molar refractivity (Wildman–Crippen MR) is 227 cm³/mol. The van der Waals surface area contributed by atoms with Crippen LogP contribution in [0.3, 0.4) is 0 Å². The van der Waals surface area contributed by atoms with Gasteiger partial charge in [-0.3, -0.25) is 14.4 Å². The van der Waals surface area contributed by atoms with Crippen molar-refractivity contribution < 1.29 is 24.2 Å². The van der Waals surface area contributed by atoms with E-state index in [1.165, 1.54) is 180 Å². The van der Waals surface area contributed by atoms with Crippen molar-refractivity contribution in [3.8, 4) is 0 Å². The van der Waals surface area contributed by atoms with E-state index in [2.05, 4.69) is 19.2 Å². The van der Waals surface area contributed by atoms with Crippen LogP contribution >= 0.6 is 0 Å². The van der Waals surface area contributed by atoms with E-state index in [-0.39, 0.29) is 24.5 Å². The molecule has 0 saturated carbocycles. The van der Waals surface area contributed by atoms with E-state index in [1.807, 2.05) is 0 Å². The zero-order chi connectivity index (χ0) is 38.7. The number of hydrogen-bond acceptors (Lipinski definition) is 4. The zero-order valence-corrected chi connectivity index (χ0v) is 35.6. The molecular formula is C47H91NO5. The summed E-state index contributed by atoms with van der Waals surface area (Å²) in [5.74, 6) is -1.20. The Morgan fingerprint density at radius 2 is 0.698 bits per heavy atom. The number of esters is 1. The lowest BCUT2D eigenvalue weighted by Gasteiger charge is -2.18. The van der Waals surface area contributed by atoms with Crippen LogP contribution in [0, 0.1) is 0 Å². The normalized spacial score (nSPS) is 11.9. The number of ether oxygens (including phenoxy) is 1. The smallest absolute Gasteiger partial charge is 0.322 e. The molecule has 1 amide bonds. The standard InChI is InChI=1S/C47H91NO5/c1-3-5-7-9-11-13-15-17-19-20-21-23-25-27-29-34-38-42-47(52)53-44(40-36-32-30-33-37-41-45(49)48-43-46(50)51)39-35-31-28-26-24-22-18-16-14-12-10-8-6-4-2/h44H,3-43H2,1-2H3,(H,48,49)(H,50,51). The van der Waals surface area contributed by atoms with Gasteiger partial charge in [-0.2, -0.15) is 0 Å². The van der Waals surface area contributed by atoms with Crippen molar-refractivity contribution in [2.75, 3.05) is 6.54 Å². The topological polar surface area (TPSA) is 92.7 Å². The molecule has 2 N–H and O–H groups in total. The van der Waals surface area contributed by atoms with E-state index >= 15 is 0 Å². The number of rotatable bonds is 44. The highest BCUT2D eigenvalue weighted by Crippen LogP contribution is 2.20. The number of carboxylic acid groups (broad SMARTS) is 1. The Bertz CT molecular complexity index is 787. The molecule has 0 aromatic heterocycles. The molecule has 0 heterocycles. The van der Waals surface area contributed by atoms with E-state index in [9.17, 15) is 14.4 Å². The summed E-state index contributed by atoms with van der Waals surface area (Å²) in [6, 6.07) is 0. The van der Waals surface area contributed by atoms with Gasteiger partial charge in [-0.25, -0.2) is 0 Å². The first kappa shape index (κ1) is 51.4. The summed E-state index contributed by atoms with van der Waals surface area (Å²) >= 11 is 0. The molecular weight excluding hydrogens is 659 g/mol. The van der Waals surface area contributed by atoms with E-state index in [0.717, 1.165) is 64.2 Å². The van der Waals surface area contributed by atoms with Crippen molar-refractivity contribution in [1.29, 1.82) is 0 Å². The third-order valence-corrected chi connectivity index (χ3v) is 11.0. The van der Waals surface area contributed by atoms with Gasteiger partial charge in [0, 0.05) is 12.8 Å². The summed E-state index contributed by atoms with van der Waals surface area (Å²) in [4.78, 5) is 35.1. The van der Waals surface area contributed by atoms with Gasteiger partial charge >= 0.3 is 11.9 Å². The maximum atomic E-state index is 12.8. The Morgan fingerprint density at radius 1 is 0.415 bits per heavy atom. The average molecular weight is 750 g/mol. The van der Waals surface area contributed by atoms with E-state index in [4.69, 9.17) is 9.84 Å². The highest BCUT2D eigenvalue weighted by molar-refractivity contribution is 5.80. The minimum absolute atomic E-state index is 0.00584. The predicted octanol–water partition coefficient (Wildman–Crippen LogP) is 14.7. The van der Waals surface area contributed by atoms with Gasteiger partial charge in [-0.15, -0.1) is 0 Å². The Morgan fingerprint density at radius 3 is 1.02 bits per heavy atom. The lowest BCUT2D eigenvalue weighted by molar-refractivity contribution is -0.150. The Balaban J connectivity index is 4.08. The molecule has 0 aliphatic rings. The zero-order valence-electron chi connectivity index (χ0n) is 35.6. The molecule has 0 spiro atoms. The van der Waals surface area contributed by atoms with Crippen molar-refractivity contribution >= 4 is 17.8 Å². The number of unbranched alkanes of at least 4 members (excludes halogenated alkanes) is 33. The molecule has 53 heavy (non-hydrogen) atoms. The summed E-state index contributed by atoms with van der Waals surface area (Å²) < 4.78 is 6.06. The van der Waals surface area contributed by atoms with Gasteiger partial charge in [0.15, 0.2) is 0 Å². The first-order valence-corrected chi connectivity index (χ1v) is 23.7. The fourth-order valence-electron chi connectivity index (χ4n) is 7.52.